The lowest BCUT2D eigenvalue weighted by molar-refractivity contribution is -0.140. The van der Waals surface area contributed by atoms with Crippen molar-refractivity contribution >= 4 is 33.4 Å². The molecule has 6 heteroatoms. The predicted molar refractivity (Wildman–Crippen MR) is 68.1 cm³/mol. The van der Waals surface area contributed by atoms with Gasteiger partial charge in [-0.25, -0.2) is 9.78 Å². The Hall–Kier alpha value is -1.43. The van der Waals surface area contributed by atoms with Gasteiger partial charge in [0.2, 0.25) is 0 Å². The molecule has 0 amide bonds. The first-order valence-electron chi connectivity index (χ1n) is 5.24. The molecule has 0 saturated heterocycles. The Morgan fingerprint density at radius 3 is 3.12 bits per heavy atom. The second kappa shape index (κ2) is 4.83. The summed E-state index contributed by atoms with van der Waals surface area (Å²) in [6.45, 7) is 3.99. The van der Waals surface area contributed by atoms with Gasteiger partial charge in [-0.3, -0.25) is 0 Å². The number of oxime groups is 1. The second-order valence-electron chi connectivity index (χ2n) is 3.75. The van der Waals surface area contributed by atoms with E-state index in [-0.39, 0.29) is 0 Å². The van der Waals surface area contributed by atoms with Crippen LogP contribution < -0.4 is 5.32 Å². The summed E-state index contributed by atoms with van der Waals surface area (Å²) in [6.07, 6.45) is 0.706. The summed E-state index contributed by atoms with van der Waals surface area (Å²) < 4.78 is 0.912. The van der Waals surface area contributed by atoms with Crippen molar-refractivity contribution in [2.45, 2.75) is 20.3 Å². The first-order valence-corrected chi connectivity index (χ1v) is 6.03. The van der Waals surface area contributed by atoms with Crippen molar-refractivity contribution in [2.24, 2.45) is 5.16 Å². The minimum Gasteiger partial charge on any atom is -0.369 e. The Kier molecular flexibility index (Phi) is 3.42. The molecule has 1 aliphatic rings. The number of fused-ring (bicyclic) bond motifs is 1. The van der Waals surface area contributed by atoms with Crippen molar-refractivity contribution < 1.29 is 9.63 Å². The summed E-state index contributed by atoms with van der Waals surface area (Å²) in [7, 11) is 0. The van der Waals surface area contributed by atoms with Crippen LogP contribution in [0.2, 0.25) is 0 Å². The Morgan fingerprint density at radius 1 is 1.65 bits per heavy atom. The third-order valence-electron chi connectivity index (χ3n) is 2.40. The Bertz CT molecular complexity index is 500. The van der Waals surface area contributed by atoms with E-state index >= 15 is 0 Å². The first kappa shape index (κ1) is 12.0. The van der Waals surface area contributed by atoms with Crippen LogP contribution in [0.4, 0.5) is 5.82 Å². The van der Waals surface area contributed by atoms with Gasteiger partial charge >= 0.3 is 5.97 Å². The molecular formula is C11H12BrN3O2. The fourth-order valence-electron chi connectivity index (χ4n) is 1.58. The average molecular weight is 298 g/mol. The molecule has 0 unspecified atom stereocenters. The van der Waals surface area contributed by atoms with Gasteiger partial charge in [0.1, 0.15) is 5.82 Å². The summed E-state index contributed by atoms with van der Waals surface area (Å²) in [4.78, 5) is 19.8. The van der Waals surface area contributed by atoms with Crippen molar-refractivity contribution in [1.29, 1.82) is 0 Å². The summed E-state index contributed by atoms with van der Waals surface area (Å²) in [6, 6.07) is 1.94. The zero-order valence-corrected chi connectivity index (χ0v) is 11.2. The number of pyridine rings is 1. The molecule has 0 atom stereocenters. The zero-order chi connectivity index (χ0) is 12.4. The number of nitrogens with one attached hydrogen (secondary N) is 1. The maximum Gasteiger partial charge on any atom is 0.331 e. The number of hydrogen-bond donors (Lipinski definition) is 1. The van der Waals surface area contributed by atoms with E-state index in [0.29, 0.717) is 6.42 Å². The highest BCUT2D eigenvalue weighted by Gasteiger charge is 2.18. The fraction of sp³-hybridized carbons (Fsp3) is 0.364. The molecule has 0 aliphatic carbocycles. The molecule has 0 fully saturated rings. The number of hydrogen-bond acceptors (Lipinski definition) is 5. The molecule has 1 N–H and O–H groups in total. The smallest absolute Gasteiger partial charge is 0.331 e. The van der Waals surface area contributed by atoms with Gasteiger partial charge in [0.15, 0.2) is 0 Å². The number of rotatable bonds is 1. The Balaban J connectivity index is 2.40. The molecule has 0 aromatic carbocycles. The van der Waals surface area contributed by atoms with Crippen LogP contribution in [0.1, 0.15) is 24.6 Å². The molecule has 1 aliphatic heterocycles. The number of halogens is 1. The number of carbonyl (C=O) groups excluding carboxylic acids is 1. The number of nitrogens with zero attached hydrogens (tertiary/aromatic N) is 2. The highest BCUT2D eigenvalue weighted by Crippen LogP contribution is 2.26. The van der Waals surface area contributed by atoms with Crippen molar-refractivity contribution in [2.75, 3.05) is 11.9 Å². The normalized spacial score (nSPS) is 16.3. The lowest BCUT2D eigenvalue weighted by atomic mass is 10.0. The molecule has 1 aromatic rings. The van der Waals surface area contributed by atoms with Crippen LogP contribution in [0.3, 0.4) is 0 Å². The van der Waals surface area contributed by atoms with Gasteiger partial charge in [-0.05, 0) is 28.9 Å². The van der Waals surface area contributed by atoms with Gasteiger partial charge in [0.05, 0.1) is 11.4 Å². The van der Waals surface area contributed by atoms with Crippen LogP contribution in [0.25, 0.3) is 0 Å². The zero-order valence-electron chi connectivity index (χ0n) is 9.58. The summed E-state index contributed by atoms with van der Waals surface area (Å²) in [5, 5.41) is 7.06. The van der Waals surface area contributed by atoms with Crippen molar-refractivity contribution in [1.82, 2.24) is 4.98 Å². The average Bonchev–Trinajstić information content (AvgIpc) is 2.28. The minimum absolute atomic E-state index is 0.420. The number of aryl methyl sites for hydroxylation is 1. The van der Waals surface area contributed by atoms with Gasteiger partial charge in [-0.1, -0.05) is 5.16 Å². The van der Waals surface area contributed by atoms with E-state index in [2.05, 4.69) is 36.2 Å². The van der Waals surface area contributed by atoms with Crippen LogP contribution in [0.15, 0.2) is 15.7 Å². The number of aromatic nitrogens is 1. The Labute approximate surface area is 107 Å². The van der Waals surface area contributed by atoms with E-state index in [1.165, 1.54) is 6.92 Å². The number of anilines is 1. The largest absolute Gasteiger partial charge is 0.369 e. The van der Waals surface area contributed by atoms with Crippen LogP contribution >= 0.6 is 15.9 Å². The molecule has 17 heavy (non-hydrogen) atoms. The molecule has 2 heterocycles. The quantitative estimate of drug-likeness (QED) is 0.638. The molecule has 2 rings (SSSR count). The third kappa shape index (κ3) is 2.63. The van der Waals surface area contributed by atoms with Crippen molar-refractivity contribution in [3.05, 3.63) is 21.8 Å². The maximum atomic E-state index is 10.7. The van der Waals surface area contributed by atoms with Gasteiger partial charge in [0, 0.05) is 29.9 Å². The molecule has 0 radical (unpaired) electrons. The van der Waals surface area contributed by atoms with Crippen LogP contribution in [-0.2, 0) is 9.63 Å². The standard InChI is InChI=1S/C11H12BrN3O2/c1-6-9(12)5-8-10(15-17-7(2)16)3-4-13-11(8)14-6/h5H,3-4H2,1-2H3,(H,13,14)/b15-10+. The predicted octanol–water partition coefficient (Wildman–Crippen LogP) is 2.24. The Morgan fingerprint density at radius 2 is 2.41 bits per heavy atom. The first-order chi connectivity index (χ1) is 8.08. The third-order valence-corrected chi connectivity index (χ3v) is 3.20. The number of carbonyl (C=O) groups is 1. The topological polar surface area (TPSA) is 63.6 Å². The van der Waals surface area contributed by atoms with Crippen LogP contribution in [0, 0.1) is 6.92 Å². The summed E-state index contributed by atoms with van der Waals surface area (Å²) in [5.41, 5.74) is 2.52. The molecule has 0 spiro atoms. The summed E-state index contributed by atoms with van der Waals surface area (Å²) >= 11 is 3.43. The highest BCUT2D eigenvalue weighted by atomic mass is 79.9. The fourth-order valence-corrected chi connectivity index (χ4v) is 1.90. The van der Waals surface area contributed by atoms with E-state index in [4.69, 9.17) is 0 Å². The van der Waals surface area contributed by atoms with Gasteiger partial charge in [0.25, 0.3) is 0 Å². The van der Waals surface area contributed by atoms with E-state index < -0.39 is 5.97 Å². The van der Waals surface area contributed by atoms with Crippen molar-refractivity contribution in [3.8, 4) is 0 Å². The van der Waals surface area contributed by atoms with Crippen molar-refractivity contribution in [3.63, 3.8) is 0 Å². The van der Waals surface area contributed by atoms with Gasteiger partial charge in [-0.15, -0.1) is 0 Å². The molecule has 5 nitrogen and oxygen atoms in total. The van der Waals surface area contributed by atoms with E-state index in [1.54, 1.807) is 0 Å². The molecule has 1 aromatic heterocycles. The molecular weight excluding hydrogens is 286 g/mol. The lowest BCUT2D eigenvalue weighted by Gasteiger charge is -2.19. The van der Waals surface area contributed by atoms with E-state index in [1.807, 2.05) is 13.0 Å². The second-order valence-corrected chi connectivity index (χ2v) is 4.60. The molecule has 0 bridgehead atoms. The monoisotopic (exact) mass is 297 g/mol. The molecule has 90 valence electrons. The minimum atomic E-state index is -0.420. The van der Waals surface area contributed by atoms with Gasteiger partial charge < -0.3 is 10.2 Å². The maximum absolute atomic E-state index is 10.7. The molecule has 0 saturated carbocycles. The van der Waals surface area contributed by atoms with Crippen LogP contribution in [0.5, 0.6) is 0 Å². The van der Waals surface area contributed by atoms with E-state index in [0.717, 1.165) is 33.8 Å². The SMILES string of the molecule is CC(=O)O/N=C1\CCNc2nc(C)c(Br)cc21. The summed E-state index contributed by atoms with van der Waals surface area (Å²) in [5.74, 6) is 0.361. The van der Waals surface area contributed by atoms with E-state index in [9.17, 15) is 4.79 Å². The van der Waals surface area contributed by atoms with Gasteiger partial charge in [-0.2, -0.15) is 0 Å². The highest BCUT2D eigenvalue weighted by molar-refractivity contribution is 9.10. The van der Waals surface area contributed by atoms with Crippen LogP contribution in [-0.4, -0.2) is 23.2 Å². The lowest BCUT2D eigenvalue weighted by Crippen LogP contribution is -2.21.